The second kappa shape index (κ2) is 6.29. The van der Waals surface area contributed by atoms with Crippen molar-refractivity contribution >= 4 is 15.8 Å². The van der Waals surface area contributed by atoms with Gasteiger partial charge in [0.15, 0.2) is 0 Å². The Morgan fingerprint density at radius 1 is 1.00 bits per heavy atom. The van der Waals surface area contributed by atoms with Crippen molar-refractivity contribution in [3.05, 3.63) is 53.7 Å². The van der Waals surface area contributed by atoms with Crippen LogP contribution in [0.1, 0.15) is 11.1 Å². The first kappa shape index (κ1) is 16.0. The lowest BCUT2D eigenvalue weighted by atomic mass is 10.2. The molecule has 5 nitrogen and oxygen atoms in total. The van der Waals surface area contributed by atoms with Crippen LogP contribution in [-0.2, 0) is 10.0 Å². The number of aryl methyl sites for hydroxylation is 2. The number of sulfonamides is 1. The third kappa shape index (κ3) is 3.23. The topological polar surface area (TPSA) is 53.5 Å². The molecule has 1 aliphatic rings. The first-order valence-corrected chi connectivity index (χ1v) is 9.16. The van der Waals surface area contributed by atoms with Gasteiger partial charge in [-0.05, 0) is 37.6 Å². The van der Waals surface area contributed by atoms with Crippen LogP contribution in [0.5, 0.6) is 0 Å². The molecule has 0 unspecified atom stereocenters. The Kier molecular flexibility index (Phi) is 4.37. The third-order valence-electron chi connectivity index (χ3n) is 4.16. The normalized spacial score (nSPS) is 16.5. The number of aromatic nitrogens is 1. The summed E-state index contributed by atoms with van der Waals surface area (Å²) < 4.78 is 27.3. The Bertz CT molecular complexity index is 783. The van der Waals surface area contributed by atoms with Gasteiger partial charge in [-0.3, -0.25) is 0 Å². The molecule has 122 valence electrons. The highest BCUT2D eigenvalue weighted by atomic mass is 32.2. The van der Waals surface area contributed by atoms with Crippen LogP contribution in [0.2, 0.25) is 0 Å². The minimum atomic E-state index is -3.43. The molecule has 1 aliphatic heterocycles. The van der Waals surface area contributed by atoms with Gasteiger partial charge in [0, 0.05) is 32.4 Å². The molecule has 0 atom stereocenters. The Balaban J connectivity index is 1.76. The zero-order valence-corrected chi connectivity index (χ0v) is 14.3. The fourth-order valence-corrected chi connectivity index (χ4v) is 4.55. The lowest BCUT2D eigenvalue weighted by Gasteiger charge is -2.34. The second-order valence-electron chi connectivity index (χ2n) is 5.85. The Morgan fingerprint density at radius 2 is 1.74 bits per heavy atom. The van der Waals surface area contributed by atoms with Gasteiger partial charge in [-0.2, -0.15) is 4.31 Å². The molecule has 2 heterocycles. The molecule has 6 heteroatoms. The molecule has 0 N–H and O–H groups in total. The first-order valence-electron chi connectivity index (χ1n) is 7.72. The van der Waals surface area contributed by atoms with Crippen molar-refractivity contribution in [3.8, 4) is 0 Å². The largest absolute Gasteiger partial charge is 0.354 e. The number of rotatable bonds is 3. The third-order valence-corrected chi connectivity index (χ3v) is 6.22. The highest BCUT2D eigenvalue weighted by Gasteiger charge is 2.29. The standard InChI is InChI=1S/C17H21N3O2S/c1-14-6-7-16(15(2)13-14)23(21,22)20-11-9-19(10-12-20)17-5-3-4-8-18-17/h3-8,13H,9-12H2,1-2H3. The number of pyridine rings is 1. The fraction of sp³-hybridized carbons (Fsp3) is 0.353. The molecular weight excluding hydrogens is 310 g/mol. The maximum absolute atomic E-state index is 12.9. The van der Waals surface area contributed by atoms with Gasteiger partial charge in [0.05, 0.1) is 4.90 Å². The molecule has 0 amide bonds. The Morgan fingerprint density at radius 3 is 2.35 bits per heavy atom. The Hall–Kier alpha value is -1.92. The number of hydrogen-bond acceptors (Lipinski definition) is 4. The molecule has 1 fully saturated rings. The molecule has 1 aromatic heterocycles. The molecule has 1 aromatic carbocycles. The number of anilines is 1. The lowest BCUT2D eigenvalue weighted by molar-refractivity contribution is 0.383. The summed E-state index contributed by atoms with van der Waals surface area (Å²) in [5.74, 6) is 0.899. The second-order valence-corrected chi connectivity index (χ2v) is 7.75. The molecule has 23 heavy (non-hydrogen) atoms. The van der Waals surface area contributed by atoms with Crippen LogP contribution in [0.25, 0.3) is 0 Å². The van der Waals surface area contributed by atoms with Crippen LogP contribution in [0.4, 0.5) is 5.82 Å². The zero-order chi connectivity index (χ0) is 16.4. The van der Waals surface area contributed by atoms with Crippen LogP contribution >= 0.6 is 0 Å². The summed E-state index contributed by atoms with van der Waals surface area (Å²) in [6, 6.07) is 11.3. The van der Waals surface area contributed by atoms with E-state index in [1.165, 1.54) is 0 Å². The van der Waals surface area contributed by atoms with E-state index in [1.807, 2.05) is 44.2 Å². The molecule has 0 saturated carbocycles. The van der Waals surface area contributed by atoms with Crippen LogP contribution in [0, 0.1) is 13.8 Å². The summed E-state index contributed by atoms with van der Waals surface area (Å²) in [5, 5.41) is 0. The molecular formula is C17H21N3O2S. The highest BCUT2D eigenvalue weighted by molar-refractivity contribution is 7.89. The molecule has 0 aliphatic carbocycles. The predicted octanol–water partition coefficient (Wildman–Crippen LogP) is 2.21. The van der Waals surface area contributed by atoms with Crippen LogP contribution in [0.15, 0.2) is 47.5 Å². The number of nitrogens with zero attached hydrogens (tertiary/aromatic N) is 3. The van der Waals surface area contributed by atoms with E-state index >= 15 is 0 Å². The Labute approximate surface area is 137 Å². The van der Waals surface area contributed by atoms with E-state index in [2.05, 4.69) is 9.88 Å². The van der Waals surface area contributed by atoms with Gasteiger partial charge in [0.1, 0.15) is 5.82 Å². The van der Waals surface area contributed by atoms with Gasteiger partial charge in [-0.15, -0.1) is 0 Å². The highest BCUT2D eigenvalue weighted by Crippen LogP contribution is 2.23. The van der Waals surface area contributed by atoms with Crippen LogP contribution in [-0.4, -0.2) is 43.9 Å². The van der Waals surface area contributed by atoms with E-state index in [4.69, 9.17) is 0 Å². The summed E-state index contributed by atoms with van der Waals surface area (Å²) in [6.45, 7) is 6.08. The quantitative estimate of drug-likeness (QED) is 0.865. The SMILES string of the molecule is Cc1ccc(S(=O)(=O)N2CCN(c3ccccn3)CC2)c(C)c1. The van der Waals surface area contributed by atoms with Gasteiger partial charge in [0.25, 0.3) is 0 Å². The predicted molar refractivity (Wildman–Crippen MR) is 91.1 cm³/mol. The summed E-state index contributed by atoms with van der Waals surface area (Å²) in [5.41, 5.74) is 1.87. The van der Waals surface area contributed by atoms with Crippen molar-refractivity contribution in [2.75, 3.05) is 31.1 Å². The summed E-state index contributed by atoms with van der Waals surface area (Å²) in [7, 11) is -3.43. The maximum atomic E-state index is 12.9. The van der Waals surface area contributed by atoms with Crippen molar-refractivity contribution in [3.63, 3.8) is 0 Å². The van der Waals surface area contributed by atoms with Crippen LogP contribution in [0.3, 0.4) is 0 Å². The van der Waals surface area contributed by atoms with Crippen molar-refractivity contribution in [2.24, 2.45) is 0 Å². The molecule has 0 spiro atoms. The monoisotopic (exact) mass is 331 g/mol. The number of hydrogen-bond donors (Lipinski definition) is 0. The van der Waals surface area contributed by atoms with Gasteiger partial charge < -0.3 is 4.90 Å². The smallest absolute Gasteiger partial charge is 0.243 e. The molecule has 0 radical (unpaired) electrons. The lowest BCUT2D eigenvalue weighted by Crippen LogP contribution is -2.49. The zero-order valence-electron chi connectivity index (χ0n) is 13.4. The van der Waals surface area contributed by atoms with Gasteiger partial charge in [0.2, 0.25) is 10.0 Å². The van der Waals surface area contributed by atoms with E-state index in [0.29, 0.717) is 31.1 Å². The molecule has 0 bridgehead atoms. The van der Waals surface area contributed by atoms with Crippen LogP contribution < -0.4 is 4.90 Å². The summed E-state index contributed by atoms with van der Waals surface area (Å²) in [6.07, 6.45) is 1.76. The first-order chi connectivity index (χ1) is 11.0. The molecule has 3 rings (SSSR count). The van der Waals surface area contributed by atoms with Gasteiger partial charge in [-0.1, -0.05) is 23.8 Å². The van der Waals surface area contributed by atoms with E-state index in [9.17, 15) is 8.42 Å². The van der Waals surface area contributed by atoms with Crippen molar-refractivity contribution in [2.45, 2.75) is 18.7 Å². The average molecular weight is 331 g/mol. The van der Waals surface area contributed by atoms with E-state index < -0.39 is 10.0 Å². The van der Waals surface area contributed by atoms with Crippen molar-refractivity contribution < 1.29 is 8.42 Å². The molecule has 2 aromatic rings. The minimum absolute atomic E-state index is 0.411. The number of piperazine rings is 1. The van der Waals surface area contributed by atoms with Gasteiger partial charge in [-0.25, -0.2) is 13.4 Å². The number of benzene rings is 1. The average Bonchev–Trinajstić information content (AvgIpc) is 2.55. The fourth-order valence-electron chi connectivity index (χ4n) is 2.93. The van der Waals surface area contributed by atoms with E-state index in [-0.39, 0.29) is 0 Å². The summed E-state index contributed by atoms with van der Waals surface area (Å²) >= 11 is 0. The van der Waals surface area contributed by atoms with Crippen molar-refractivity contribution in [1.29, 1.82) is 0 Å². The maximum Gasteiger partial charge on any atom is 0.243 e. The van der Waals surface area contributed by atoms with E-state index in [1.54, 1.807) is 16.6 Å². The van der Waals surface area contributed by atoms with Crippen molar-refractivity contribution in [1.82, 2.24) is 9.29 Å². The van der Waals surface area contributed by atoms with E-state index in [0.717, 1.165) is 16.9 Å². The molecule has 1 saturated heterocycles. The summed E-state index contributed by atoms with van der Waals surface area (Å²) in [4.78, 5) is 6.86. The minimum Gasteiger partial charge on any atom is -0.354 e. The van der Waals surface area contributed by atoms with Gasteiger partial charge >= 0.3 is 0 Å².